The fourth-order valence-corrected chi connectivity index (χ4v) is 4.78. The van der Waals surface area contributed by atoms with E-state index in [1.807, 2.05) is 83.8 Å². The minimum atomic E-state index is -0.754. The number of nitrogens with zero attached hydrogens (tertiary/aromatic N) is 4. The highest BCUT2D eigenvalue weighted by molar-refractivity contribution is 5.76. The van der Waals surface area contributed by atoms with Gasteiger partial charge in [-0.1, -0.05) is 66.7 Å². The lowest BCUT2D eigenvalue weighted by atomic mass is 9.83. The molecule has 3 aromatic carbocycles. The Labute approximate surface area is 211 Å². The average Bonchev–Trinajstić information content (AvgIpc) is 3.34. The zero-order chi connectivity index (χ0) is 24.7. The van der Waals surface area contributed by atoms with Gasteiger partial charge in [0, 0.05) is 31.0 Å². The number of fused-ring (bicyclic) bond motifs is 1. The third kappa shape index (κ3) is 5.47. The SMILES string of the molecule is O=C(CCCn1cncn1)N1CCOc2ccc(C(O)C(c3ccccc3)c3ccccc3)cc2C1. The second kappa shape index (κ2) is 11.2. The smallest absolute Gasteiger partial charge is 0.223 e. The van der Waals surface area contributed by atoms with Crippen molar-refractivity contribution in [2.75, 3.05) is 13.2 Å². The van der Waals surface area contributed by atoms with Crippen molar-refractivity contribution in [3.63, 3.8) is 0 Å². The number of hydrogen-bond donors (Lipinski definition) is 1. The van der Waals surface area contributed by atoms with E-state index in [2.05, 4.69) is 10.1 Å². The van der Waals surface area contributed by atoms with Crippen molar-refractivity contribution >= 4 is 5.91 Å². The van der Waals surface area contributed by atoms with Gasteiger partial charge in [-0.2, -0.15) is 5.10 Å². The van der Waals surface area contributed by atoms with Crippen LogP contribution in [0.15, 0.2) is 91.5 Å². The quantitative estimate of drug-likeness (QED) is 0.404. The van der Waals surface area contributed by atoms with Crippen LogP contribution in [0.5, 0.6) is 5.75 Å². The first-order chi connectivity index (χ1) is 17.7. The van der Waals surface area contributed by atoms with Crippen LogP contribution in [0.25, 0.3) is 0 Å². The number of amides is 1. The van der Waals surface area contributed by atoms with Crippen molar-refractivity contribution in [1.29, 1.82) is 0 Å². The molecule has 0 spiro atoms. The van der Waals surface area contributed by atoms with E-state index in [1.165, 1.54) is 6.33 Å². The number of ether oxygens (including phenoxy) is 1. The van der Waals surface area contributed by atoms with Gasteiger partial charge in [0.05, 0.1) is 12.6 Å². The molecule has 0 saturated heterocycles. The number of carbonyl (C=O) groups is 1. The Morgan fingerprint density at radius 3 is 2.36 bits per heavy atom. The van der Waals surface area contributed by atoms with Crippen molar-refractivity contribution in [3.8, 4) is 5.75 Å². The van der Waals surface area contributed by atoms with E-state index in [0.29, 0.717) is 39.1 Å². The van der Waals surface area contributed by atoms with Crippen LogP contribution in [0.4, 0.5) is 0 Å². The van der Waals surface area contributed by atoms with Gasteiger partial charge in [-0.15, -0.1) is 0 Å². The summed E-state index contributed by atoms with van der Waals surface area (Å²) in [5, 5.41) is 15.7. The van der Waals surface area contributed by atoms with Gasteiger partial charge in [-0.05, 0) is 35.2 Å². The third-order valence-electron chi connectivity index (χ3n) is 6.64. The van der Waals surface area contributed by atoms with Crippen LogP contribution in [-0.2, 0) is 17.9 Å². The molecule has 1 atom stereocenters. The van der Waals surface area contributed by atoms with E-state index in [1.54, 1.807) is 11.0 Å². The first-order valence-corrected chi connectivity index (χ1v) is 12.3. The maximum absolute atomic E-state index is 13.0. The maximum atomic E-state index is 13.0. The lowest BCUT2D eigenvalue weighted by Gasteiger charge is -2.25. The van der Waals surface area contributed by atoms with Crippen LogP contribution in [0.1, 0.15) is 47.1 Å². The van der Waals surface area contributed by atoms with Crippen molar-refractivity contribution in [1.82, 2.24) is 19.7 Å². The van der Waals surface area contributed by atoms with Gasteiger partial charge in [0.25, 0.3) is 0 Å². The van der Waals surface area contributed by atoms with Crippen molar-refractivity contribution < 1.29 is 14.6 Å². The highest BCUT2D eigenvalue weighted by Crippen LogP contribution is 2.38. The standard InChI is InChI=1S/C29H30N4O3/c34-27(12-7-15-33-21-30-20-31-33)32-16-17-36-26-14-13-24(18-25(26)19-32)29(35)28(22-8-3-1-4-9-22)23-10-5-2-6-11-23/h1-6,8-11,13-14,18,20-21,28-29,35H,7,12,15-17,19H2. The predicted octanol–water partition coefficient (Wildman–Crippen LogP) is 4.35. The van der Waals surface area contributed by atoms with Crippen LogP contribution in [0.2, 0.25) is 0 Å². The number of hydrogen-bond acceptors (Lipinski definition) is 5. The molecule has 0 bridgehead atoms. The summed E-state index contributed by atoms with van der Waals surface area (Å²) in [4.78, 5) is 18.7. The number of aliphatic hydroxyl groups is 1. The molecular formula is C29H30N4O3. The van der Waals surface area contributed by atoms with E-state index in [4.69, 9.17) is 4.74 Å². The second-order valence-electron chi connectivity index (χ2n) is 9.04. The van der Waals surface area contributed by atoms with Crippen LogP contribution in [0.3, 0.4) is 0 Å². The topological polar surface area (TPSA) is 80.5 Å². The fourth-order valence-electron chi connectivity index (χ4n) is 4.78. The summed E-state index contributed by atoms with van der Waals surface area (Å²) in [5.41, 5.74) is 3.81. The molecule has 1 amide bonds. The van der Waals surface area contributed by atoms with Gasteiger partial charge in [0.2, 0.25) is 5.91 Å². The van der Waals surface area contributed by atoms with Crippen LogP contribution < -0.4 is 4.74 Å². The highest BCUT2D eigenvalue weighted by Gasteiger charge is 2.27. The van der Waals surface area contributed by atoms with E-state index < -0.39 is 6.10 Å². The number of carbonyl (C=O) groups excluding carboxylic acids is 1. The summed E-state index contributed by atoms with van der Waals surface area (Å²) in [6.07, 6.45) is 3.53. The Morgan fingerprint density at radius 1 is 0.972 bits per heavy atom. The van der Waals surface area contributed by atoms with Gasteiger partial charge < -0.3 is 14.7 Å². The molecule has 1 aromatic heterocycles. The molecule has 0 saturated carbocycles. The lowest BCUT2D eigenvalue weighted by molar-refractivity contribution is -0.132. The van der Waals surface area contributed by atoms with E-state index >= 15 is 0 Å². The van der Waals surface area contributed by atoms with E-state index in [0.717, 1.165) is 28.0 Å². The molecule has 1 aliphatic heterocycles. The molecule has 36 heavy (non-hydrogen) atoms. The Balaban J connectivity index is 1.35. The molecule has 0 fully saturated rings. The van der Waals surface area contributed by atoms with Crippen LogP contribution in [-0.4, -0.2) is 43.8 Å². The molecule has 1 unspecified atom stereocenters. The molecule has 2 heterocycles. The zero-order valence-electron chi connectivity index (χ0n) is 20.1. The normalized spacial score (nSPS) is 14.1. The van der Waals surface area contributed by atoms with E-state index in [9.17, 15) is 9.90 Å². The Bertz CT molecular complexity index is 1220. The van der Waals surface area contributed by atoms with Gasteiger partial charge in [-0.3, -0.25) is 9.48 Å². The predicted molar refractivity (Wildman–Crippen MR) is 136 cm³/mol. The van der Waals surface area contributed by atoms with Gasteiger partial charge in [0.1, 0.15) is 25.0 Å². The molecule has 7 nitrogen and oxygen atoms in total. The summed E-state index contributed by atoms with van der Waals surface area (Å²) in [6.45, 7) is 2.09. The Hall–Kier alpha value is -3.97. The molecule has 4 aromatic rings. The van der Waals surface area contributed by atoms with Gasteiger partial charge in [0.15, 0.2) is 0 Å². The second-order valence-corrected chi connectivity index (χ2v) is 9.04. The number of aryl methyl sites for hydroxylation is 1. The minimum Gasteiger partial charge on any atom is -0.491 e. The van der Waals surface area contributed by atoms with Crippen LogP contribution >= 0.6 is 0 Å². The van der Waals surface area contributed by atoms with Crippen molar-refractivity contribution in [2.45, 2.75) is 38.0 Å². The fraction of sp³-hybridized carbons (Fsp3) is 0.276. The number of aromatic nitrogens is 3. The summed E-state index contributed by atoms with van der Waals surface area (Å²) < 4.78 is 7.69. The molecule has 7 heteroatoms. The Morgan fingerprint density at radius 2 is 1.69 bits per heavy atom. The minimum absolute atomic E-state index is 0.0870. The Kier molecular flexibility index (Phi) is 7.38. The largest absolute Gasteiger partial charge is 0.491 e. The molecular weight excluding hydrogens is 452 g/mol. The zero-order valence-corrected chi connectivity index (χ0v) is 20.1. The van der Waals surface area contributed by atoms with Gasteiger partial charge >= 0.3 is 0 Å². The average molecular weight is 483 g/mol. The molecule has 0 radical (unpaired) electrons. The summed E-state index contributed by atoms with van der Waals surface area (Å²) in [7, 11) is 0. The highest BCUT2D eigenvalue weighted by atomic mass is 16.5. The third-order valence-corrected chi connectivity index (χ3v) is 6.64. The summed E-state index contributed by atoms with van der Waals surface area (Å²) >= 11 is 0. The molecule has 1 aliphatic rings. The summed E-state index contributed by atoms with van der Waals surface area (Å²) in [5.74, 6) is 0.635. The summed E-state index contributed by atoms with van der Waals surface area (Å²) in [6, 6.07) is 26.0. The van der Waals surface area contributed by atoms with Crippen molar-refractivity contribution in [3.05, 3.63) is 114 Å². The number of benzene rings is 3. The molecule has 184 valence electrons. The number of rotatable bonds is 8. The molecule has 5 rings (SSSR count). The lowest BCUT2D eigenvalue weighted by Crippen LogP contribution is -2.32. The van der Waals surface area contributed by atoms with E-state index in [-0.39, 0.29) is 11.8 Å². The monoisotopic (exact) mass is 482 g/mol. The first-order valence-electron chi connectivity index (χ1n) is 12.3. The first kappa shape index (κ1) is 23.8. The van der Waals surface area contributed by atoms with Crippen LogP contribution in [0, 0.1) is 0 Å². The molecule has 0 aliphatic carbocycles. The number of aliphatic hydroxyl groups excluding tert-OH is 1. The van der Waals surface area contributed by atoms with Gasteiger partial charge in [-0.25, -0.2) is 4.98 Å². The molecule has 1 N–H and O–H groups in total. The maximum Gasteiger partial charge on any atom is 0.223 e. The van der Waals surface area contributed by atoms with Crippen molar-refractivity contribution in [2.24, 2.45) is 0 Å².